The number of imidazole rings is 1. The number of hydrogen-bond acceptors (Lipinski definition) is 2. The topological polar surface area (TPSA) is 66.9 Å². The summed E-state index contributed by atoms with van der Waals surface area (Å²) in [4.78, 5) is 24.8. The first kappa shape index (κ1) is 10.6. The number of aromatic amines is 1. The number of hydrogen-bond donors (Lipinski definition) is 2. The zero-order valence-electron chi connectivity index (χ0n) is 8.41. The van der Waals surface area contributed by atoms with Crippen LogP contribution in [0.5, 0.6) is 0 Å². The fourth-order valence-electron chi connectivity index (χ4n) is 1.00. The van der Waals surface area contributed by atoms with Gasteiger partial charge in [0.1, 0.15) is 6.54 Å². The van der Waals surface area contributed by atoms with Crippen LogP contribution < -0.4 is 11.0 Å². The SMILES string of the molecule is CC(C)CNC(=O)Cn1cc[nH]c1=O. The molecule has 1 amide bonds. The van der Waals surface area contributed by atoms with Crippen LogP contribution in [0.15, 0.2) is 17.2 Å². The van der Waals surface area contributed by atoms with E-state index >= 15 is 0 Å². The molecular weight excluding hydrogens is 182 g/mol. The summed E-state index contributed by atoms with van der Waals surface area (Å²) in [5, 5.41) is 2.74. The standard InChI is InChI=1S/C9H15N3O2/c1-7(2)5-11-8(13)6-12-4-3-10-9(12)14/h3-4,7H,5-6H2,1-2H3,(H,10,14)(H,11,13). The fraction of sp³-hybridized carbons (Fsp3) is 0.556. The summed E-state index contributed by atoms with van der Waals surface area (Å²) in [7, 11) is 0. The summed E-state index contributed by atoms with van der Waals surface area (Å²) in [6.45, 7) is 4.75. The number of nitrogens with zero attached hydrogens (tertiary/aromatic N) is 1. The van der Waals surface area contributed by atoms with E-state index < -0.39 is 0 Å². The van der Waals surface area contributed by atoms with Crippen molar-refractivity contribution in [2.45, 2.75) is 20.4 Å². The molecule has 0 aliphatic rings. The summed E-state index contributed by atoms with van der Waals surface area (Å²) < 4.78 is 1.33. The molecule has 78 valence electrons. The van der Waals surface area contributed by atoms with E-state index in [0.29, 0.717) is 12.5 Å². The van der Waals surface area contributed by atoms with Crippen molar-refractivity contribution >= 4 is 5.91 Å². The van der Waals surface area contributed by atoms with Gasteiger partial charge in [-0.2, -0.15) is 0 Å². The van der Waals surface area contributed by atoms with E-state index in [1.807, 2.05) is 13.8 Å². The first-order valence-corrected chi connectivity index (χ1v) is 4.60. The van der Waals surface area contributed by atoms with E-state index in [-0.39, 0.29) is 18.1 Å². The number of rotatable bonds is 4. The highest BCUT2D eigenvalue weighted by Gasteiger charge is 2.04. The molecule has 0 aliphatic carbocycles. The monoisotopic (exact) mass is 197 g/mol. The van der Waals surface area contributed by atoms with Crippen LogP contribution in [0.3, 0.4) is 0 Å². The Bertz CT molecular complexity index is 351. The molecule has 1 heterocycles. The Kier molecular flexibility index (Phi) is 3.50. The van der Waals surface area contributed by atoms with Crippen LogP contribution in [0.2, 0.25) is 0 Å². The predicted molar refractivity (Wildman–Crippen MR) is 52.9 cm³/mol. The molecule has 1 aromatic rings. The van der Waals surface area contributed by atoms with Gasteiger partial charge in [-0.1, -0.05) is 13.8 Å². The zero-order chi connectivity index (χ0) is 10.6. The number of carbonyl (C=O) groups excluding carboxylic acids is 1. The Morgan fingerprint density at radius 1 is 1.64 bits per heavy atom. The van der Waals surface area contributed by atoms with Crippen LogP contribution in [-0.4, -0.2) is 22.0 Å². The zero-order valence-corrected chi connectivity index (χ0v) is 8.41. The molecule has 0 saturated carbocycles. The molecule has 0 aliphatic heterocycles. The maximum atomic E-state index is 11.3. The predicted octanol–water partition coefficient (Wildman–Crippen LogP) is -0.0514. The minimum atomic E-state index is -0.260. The van der Waals surface area contributed by atoms with Crippen LogP contribution in [0, 0.1) is 5.92 Å². The molecule has 0 saturated heterocycles. The quantitative estimate of drug-likeness (QED) is 0.710. The highest BCUT2D eigenvalue weighted by atomic mass is 16.2. The van der Waals surface area contributed by atoms with Crippen LogP contribution in [0.25, 0.3) is 0 Å². The summed E-state index contributed by atoms with van der Waals surface area (Å²) in [6.07, 6.45) is 3.06. The Labute approximate surface area is 82.1 Å². The van der Waals surface area contributed by atoms with E-state index in [2.05, 4.69) is 10.3 Å². The lowest BCUT2D eigenvalue weighted by atomic mass is 10.2. The van der Waals surface area contributed by atoms with Gasteiger partial charge in [-0.15, -0.1) is 0 Å². The van der Waals surface area contributed by atoms with Crippen LogP contribution >= 0.6 is 0 Å². The molecule has 0 bridgehead atoms. The van der Waals surface area contributed by atoms with Gasteiger partial charge in [0.25, 0.3) is 0 Å². The third-order valence-electron chi connectivity index (χ3n) is 1.74. The van der Waals surface area contributed by atoms with Gasteiger partial charge < -0.3 is 10.3 Å². The molecule has 0 radical (unpaired) electrons. The maximum Gasteiger partial charge on any atom is 0.325 e. The smallest absolute Gasteiger partial charge is 0.325 e. The summed E-state index contributed by atoms with van der Waals surface area (Å²) in [6, 6.07) is 0. The van der Waals surface area contributed by atoms with Crippen molar-refractivity contribution in [3.05, 3.63) is 22.9 Å². The minimum absolute atomic E-state index is 0.0784. The Balaban J connectivity index is 2.42. The molecule has 0 spiro atoms. The highest BCUT2D eigenvalue weighted by Crippen LogP contribution is 1.87. The summed E-state index contributed by atoms with van der Waals surface area (Å²) in [5.41, 5.74) is -0.260. The lowest BCUT2D eigenvalue weighted by Crippen LogP contribution is -2.33. The van der Waals surface area contributed by atoms with Crippen molar-refractivity contribution in [2.24, 2.45) is 5.92 Å². The van der Waals surface area contributed by atoms with Gasteiger partial charge in [0.2, 0.25) is 5.91 Å². The first-order valence-electron chi connectivity index (χ1n) is 4.60. The average molecular weight is 197 g/mol. The highest BCUT2D eigenvalue weighted by molar-refractivity contribution is 5.75. The van der Waals surface area contributed by atoms with Gasteiger partial charge >= 0.3 is 5.69 Å². The van der Waals surface area contributed by atoms with Crippen molar-refractivity contribution < 1.29 is 4.79 Å². The molecule has 0 atom stereocenters. The molecule has 0 aromatic carbocycles. The molecule has 0 unspecified atom stereocenters. The van der Waals surface area contributed by atoms with Crippen LogP contribution in [0.1, 0.15) is 13.8 Å². The number of aromatic nitrogens is 2. The van der Waals surface area contributed by atoms with Gasteiger partial charge in [-0.25, -0.2) is 4.79 Å². The number of nitrogens with one attached hydrogen (secondary N) is 2. The van der Waals surface area contributed by atoms with Crippen LogP contribution in [-0.2, 0) is 11.3 Å². The van der Waals surface area contributed by atoms with E-state index in [9.17, 15) is 9.59 Å². The molecule has 5 nitrogen and oxygen atoms in total. The minimum Gasteiger partial charge on any atom is -0.354 e. The molecule has 1 rings (SSSR count). The normalized spacial score (nSPS) is 10.5. The van der Waals surface area contributed by atoms with Gasteiger partial charge in [0.15, 0.2) is 0 Å². The van der Waals surface area contributed by atoms with Gasteiger partial charge in [-0.05, 0) is 5.92 Å². The number of amides is 1. The lowest BCUT2D eigenvalue weighted by molar-refractivity contribution is -0.121. The van der Waals surface area contributed by atoms with E-state index in [1.54, 1.807) is 6.20 Å². The fourth-order valence-corrected chi connectivity index (χ4v) is 1.00. The summed E-state index contributed by atoms with van der Waals surface area (Å²) >= 11 is 0. The maximum absolute atomic E-state index is 11.3. The van der Waals surface area contributed by atoms with Crippen molar-refractivity contribution in [1.82, 2.24) is 14.9 Å². The molecule has 1 aromatic heterocycles. The van der Waals surface area contributed by atoms with Gasteiger partial charge in [-0.3, -0.25) is 9.36 Å². The van der Waals surface area contributed by atoms with Gasteiger partial charge in [0, 0.05) is 18.9 Å². The van der Waals surface area contributed by atoms with Crippen molar-refractivity contribution in [2.75, 3.05) is 6.54 Å². The van der Waals surface area contributed by atoms with E-state index in [0.717, 1.165) is 0 Å². The first-order chi connectivity index (χ1) is 6.59. The van der Waals surface area contributed by atoms with Crippen molar-refractivity contribution in [3.8, 4) is 0 Å². The average Bonchev–Trinajstić information content (AvgIpc) is 2.49. The Morgan fingerprint density at radius 3 is 2.86 bits per heavy atom. The summed E-state index contributed by atoms with van der Waals surface area (Å²) in [5.74, 6) is 0.280. The Morgan fingerprint density at radius 2 is 2.36 bits per heavy atom. The third-order valence-corrected chi connectivity index (χ3v) is 1.74. The van der Waals surface area contributed by atoms with E-state index in [1.165, 1.54) is 10.8 Å². The molecule has 0 fully saturated rings. The molecule has 2 N–H and O–H groups in total. The number of carbonyl (C=O) groups is 1. The second kappa shape index (κ2) is 4.64. The third kappa shape index (κ3) is 3.08. The van der Waals surface area contributed by atoms with Crippen molar-refractivity contribution in [3.63, 3.8) is 0 Å². The number of H-pyrrole nitrogens is 1. The second-order valence-corrected chi connectivity index (χ2v) is 3.59. The largest absolute Gasteiger partial charge is 0.354 e. The van der Waals surface area contributed by atoms with Crippen LogP contribution in [0.4, 0.5) is 0 Å². The molecule has 14 heavy (non-hydrogen) atoms. The van der Waals surface area contributed by atoms with E-state index in [4.69, 9.17) is 0 Å². The lowest BCUT2D eigenvalue weighted by Gasteiger charge is -2.07. The second-order valence-electron chi connectivity index (χ2n) is 3.59. The molecule has 5 heteroatoms. The van der Waals surface area contributed by atoms with Gasteiger partial charge in [0.05, 0.1) is 0 Å². The molecular formula is C9H15N3O2. The van der Waals surface area contributed by atoms with Crippen molar-refractivity contribution in [1.29, 1.82) is 0 Å². The Hall–Kier alpha value is -1.52.